The fourth-order valence-electron chi connectivity index (χ4n) is 2.71. The number of amides is 1. The molecule has 0 bridgehead atoms. The molecule has 4 nitrogen and oxygen atoms in total. The highest BCUT2D eigenvalue weighted by Gasteiger charge is 2.18. The van der Waals surface area contributed by atoms with Gasteiger partial charge in [0.2, 0.25) is 0 Å². The van der Waals surface area contributed by atoms with E-state index in [1.54, 1.807) is 42.5 Å². The van der Waals surface area contributed by atoms with Crippen molar-refractivity contribution in [2.24, 2.45) is 0 Å². The van der Waals surface area contributed by atoms with Gasteiger partial charge in [0.15, 0.2) is 0 Å². The number of carbonyl (C=O) groups is 1. The minimum absolute atomic E-state index is 0.328. The first-order chi connectivity index (χ1) is 12.6. The third kappa shape index (κ3) is 3.87. The molecule has 132 valence electrons. The molecule has 3 aromatic carbocycles. The number of methoxy groups -OCH3 is 1. The van der Waals surface area contributed by atoms with Gasteiger partial charge in [0.1, 0.15) is 11.9 Å². The molecule has 2 N–H and O–H groups in total. The fourth-order valence-corrected chi connectivity index (χ4v) is 2.89. The Hall–Kier alpha value is -2.82. The minimum Gasteiger partial charge on any atom is -0.496 e. The van der Waals surface area contributed by atoms with Crippen LogP contribution in [-0.4, -0.2) is 18.1 Å². The van der Waals surface area contributed by atoms with Crippen LogP contribution in [0.1, 0.15) is 27.6 Å². The van der Waals surface area contributed by atoms with Gasteiger partial charge in [-0.25, -0.2) is 0 Å². The fraction of sp³-hybridized carbons (Fsp3) is 0.0952. The molecule has 0 spiro atoms. The van der Waals surface area contributed by atoms with E-state index in [1.807, 2.05) is 30.3 Å². The number of halogens is 1. The summed E-state index contributed by atoms with van der Waals surface area (Å²) in [6, 6.07) is 21.1. The number of aliphatic hydroxyl groups excluding tert-OH is 1. The summed E-state index contributed by atoms with van der Waals surface area (Å²) in [5, 5.41) is 14.1. The van der Waals surface area contributed by atoms with Gasteiger partial charge >= 0.3 is 0 Å². The van der Waals surface area contributed by atoms with Crippen molar-refractivity contribution in [3.05, 3.63) is 94.5 Å². The molecule has 26 heavy (non-hydrogen) atoms. The predicted molar refractivity (Wildman–Crippen MR) is 103 cm³/mol. The van der Waals surface area contributed by atoms with E-state index in [1.165, 1.54) is 7.11 Å². The van der Waals surface area contributed by atoms with Gasteiger partial charge in [-0.2, -0.15) is 0 Å². The van der Waals surface area contributed by atoms with Crippen LogP contribution in [0.15, 0.2) is 72.8 Å². The van der Waals surface area contributed by atoms with Crippen molar-refractivity contribution in [3.8, 4) is 5.75 Å². The van der Waals surface area contributed by atoms with E-state index in [0.717, 1.165) is 0 Å². The molecule has 0 saturated heterocycles. The van der Waals surface area contributed by atoms with Gasteiger partial charge in [0, 0.05) is 16.3 Å². The summed E-state index contributed by atoms with van der Waals surface area (Å²) in [5.74, 6) is 0.149. The molecule has 0 aromatic heterocycles. The Morgan fingerprint density at radius 1 is 1.04 bits per heavy atom. The second-order valence-corrected chi connectivity index (χ2v) is 6.14. The van der Waals surface area contributed by atoms with Crippen LogP contribution in [0.5, 0.6) is 5.75 Å². The topological polar surface area (TPSA) is 58.6 Å². The smallest absolute Gasteiger partial charge is 0.259 e. The molecule has 3 rings (SSSR count). The van der Waals surface area contributed by atoms with Crippen molar-refractivity contribution in [3.63, 3.8) is 0 Å². The first-order valence-corrected chi connectivity index (χ1v) is 8.45. The third-order valence-electron chi connectivity index (χ3n) is 4.02. The Labute approximate surface area is 157 Å². The molecule has 0 radical (unpaired) electrons. The molecule has 1 atom stereocenters. The first-order valence-electron chi connectivity index (χ1n) is 8.07. The van der Waals surface area contributed by atoms with Crippen LogP contribution in [0.3, 0.4) is 0 Å². The second-order valence-electron chi connectivity index (χ2n) is 5.70. The second kappa shape index (κ2) is 8.04. The zero-order valence-corrected chi connectivity index (χ0v) is 14.9. The Kier molecular flexibility index (Phi) is 5.56. The molecule has 0 heterocycles. The maximum atomic E-state index is 12.7. The van der Waals surface area contributed by atoms with Gasteiger partial charge in [-0.05, 0) is 35.9 Å². The monoisotopic (exact) mass is 367 g/mol. The predicted octanol–water partition coefficient (Wildman–Crippen LogP) is 4.68. The lowest BCUT2D eigenvalue weighted by Crippen LogP contribution is -2.15. The highest BCUT2D eigenvalue weighted by Crippen LogP contribution is 2.31. The standard InChI is InChI=1S/C21H18ClNO3/c1-26-19-10-6-5-9-16(19)21(25)23-18-12-11-15(22)13-17(18)20(24)14-7-3-2-4-8-14/h2-13,20,24H,1H3,(H,23,25)/t20-/m0/s1. The van der Waals surface area contributed by atoms with Crippen LogP contribution in [0, 0.1) is 0 Å². The lowest BCUT2D eigenvalue weighted by Gasteiger charge is -2.17. The number of anilines is 1. The summed E-state index contributed by atoms with van der Waals surface area (Å²) in [5.41, 5.74) is 2.13. The van der Waals surface area contributed by atoms with Gasteiger partial charge in [0.05, 0.1) is 12.7 Å². The summed E-state index contributed by atoms with van der Waals surface area (Å²) in [6.07, 6.45) is -0.914. The molecule has 0 aliphatic carbocycles. The van der Waals surface area contributed by atoms with Crippen LogP contribution in [-0.2, 0) is 0 Å². The summed E-state index contributed by atoms with van der Waals surface area (Å²) >= 11 is 6.11. The summed E-state index contributed by atoms with van der Waals surface area (Å²) < 4.78 is 5.24. The zero-order valence-electron chi connectivity index (χ0n) is 14.1. The molecule has 3 aromatic rings. The van der Waals surface area contributed by atoms with Crippen LogP contribution >= 0.6 is 11.6 Å². The van der Waals surface area contributed by atoms with E-state index < -0.39 is 6.10 Å². The van der Waals surface area contributed by atoms with Gasteiger partial charge in [-0.3, -0.25) is 4.79 Å². The van der Waals surface area contributed by atoms with Crippen molar-refractivity contribution in [2.75, 3.05) is 12.4 Å². The summed E-state index contributed by atoms with van der Waals surface area (Å²) in [7, 11) is 1.51. The average Bonchev–Trinajstić information content (AvgIpc) is 2.69. The molecule has 0 aliphatic heterocycles. The normalized spacial score (nSPS) is 11.7. The molecule has 0 aliphatic rings. The van der Waals surface area contributed by atoms with E-state index in [4.69, 9.17) is 16.3 Å². The highest BCUT2D eigenvalue weighted by molar-refractivity contribution is 6.30. The number of para-hydroxylation sites is 1. The van der Waals surface area contributed by atoms with E-state index in [2.05, 4.69) is 5.32 Å². The van der Waals surface area contributed by atoms with E-state index in [9.17, 15) is 9.90 Å². The molecule has 5 heteroatoms. The molecule has 1 amide bonds. The lowest BCUT2D eigenvalue weighted by atomic mass is 9.99. The SMILES string of the molecule is COc1ccccc1C(=O)Nc1ccc(Cl)cc1[C@@H](O)c1ccccc1. The average molecular weight is 368 g/mol. The van der Waals surface area contributed by atoms with Gasteiger partial charge in [-0.1, -0.05) is 54.1 Å². The number of ether oxygens (including phenoxy) is 1. The van der Waals surface area contributed by atoms with Crippen LogP contribution in [0.2, 0.25) is 5.02 Å². The summed E-state index contributed by atoms with van der Waals surface area (Å²) in [4.78, 5) is 12.7. The lowest BCUT2D eigenvalue weighted by molar-refractivity contribution is 0.102. The van der Waals surface area contributed by atoms with Crippen LogP contribution < -0.4 is 10.1 Å². The Morgan fingerprint density at radius 3 is 2.46 bits per heavy atom. The number of nitrogens with one attached hydrogen (secondary N) is 1. The number of hydrogen-bond acceptors (Lipinski definition) is 3. The Balaban J connectivity index is 1.94. The van der Waals surface area contributed by atoms with E-state index >= 15 is 0 Å². The molecule has 0 saturated carbocycles. The number of aliphatic hydroxyl groups is 1. The van der Waals surface area contributed by atoms with Gasteiger partial charge in [0.25, 0.3) is 5.91 Å². The Morgan fingerprint density at radius 2 is 1.73 bits per heavy atom. The van der Waals surface area contributed by atoms with Crippen molar-refractivity contribution >= 4 is 23.2 Å². The van der Waals surface area contributed by atoms with E-state index in [0.29, 0.717) is 33.1 Å². The van der Waals surface area contributed by atoms with Gasteiger partial charge < -0.3 is 15.2 Å². The molecule has 0 fully saturated rings. The molecule has 0 unspecified atom stereocenters. The highest BCUT2D eigenvalue weighted by atomic mass is 35.5. The van der Waals surface area contributed by atoms with Crippen molar-refractivity contribution in [2.45, 2.75) is 6.10 Å². The third-order valence-corrected chi connectivity index (χ3v) is 4.26. The maximum absolute atomic E-state index is 12.7. The summed E-state index contributed by atoms with van der Waals surface area (Å²) in [6.45, 7) is 0. The molecular formula is C21H18ClNO3. The number of carbonyl (C=O) groups excluding carboxylic acids is 1. The van der Waals surface area contributed by atoms with Crippen molar-refractivity contribution in [1.82, 2.24) is 0 Å². The van der Waals surface area contributed by atoms with Crippen LogP contribution in [0.4, 0.5) is 5.69 Å². The zero-order chi connectivity index (χ0) is 18.5. The largest absolute Gasteiger partial charge is 0.496 e. The first kappa shape index (κ1) is 18.0. The van der Waals surface area contributed by atoms with Crippen molar-refractivity contribution < 1.29 is 14.6 Å². The minimum atomic E-state index is -0.914. The van der Waals surface area contributed by atoms with Gasteiger partial charge in [-0.15, -0.1) is 0 Å². The van der Waals surface area contributed by atoms with Crippen LogP contribution in [0.25, 0.3) is 0 Å². The molecular weight excluding hydrogens is 350 g/mol. The quantitative estimate of drug-likeness (QED) is 0.688. The number of rotatable bonds is 5. The Bertz CT molecular complexity index is 912. The number of benzene rings is 3. The maximum Gasteiger partial charge on any atom is 0.259 e. The van der Waals surface area contributed by atoms with E-state index in [-0.39, 0.29) is 5.91 Å². The number of hydrogen-bond donors (Lipinski definition) is 2. The van der Waals surface area contributed by atoms with Crippen molar-refractivity contribution in [1.29, 1.82) is 0 Å².